The van der Waals surface area contributed by atoms with Crippen molar-refractivity contribution >= 4 is 40.9 Å². The number of amides is 3. The van der Waals surface area contributed by atoms with Gasteiger partial charge in [-0.15, -0.1) is 0 Å². The number of hydrogen-bond acceptors (Lipinski definition) is 7. The predicted octanol–water partition coefficient (Wildman–Crippen LogP) is 4.91. The summed E-state index contributed by atoms with van der Waals surface area (Å²) in [6.07, 6.45) is 0.507. The Kier molecular flexibility index (Phi) is 8.77. The molecule has 0 unspecified atom stereocenters. The van der Waals surface area contributed by atoms with Crippen molar-refractivity contribution in [2.45, 2.75) is 11.3 Å². The number of rotatable bonds is 11. The second kappa shape index (κ2) is 12.4. The molecule has 4 rings (SSSR count). The molecule has 1 aliphatic rings. The molecule has 0 fully saturated rings. The highest BCUT2D eigenvalue weighted by Crippen LogP contribution is 2.37. The lowest BCUT2D eigenvalue weighted by Crippen LogP contribution is -2.33. The number of nitrogens with one attached hydrogen (secondary N) is 2. The highest BCUT2D eigenvalue weighted by Gasteiger charge is 2.38. The van der Waals surface area contributed by atoms with Crippen LogP contribution in [0.1, 0.15) is 16.8 Å². The minimum absolute atomic E-state index is 0.170. The number of imide groups is 1. The molecule has 196 valence electrons. The second-order valence-electron chi connectivity index (χ2n) is 8.26. The predicted molar refractivity (Wildman–Crippen MR) is 144 cm³/mol. The summed E-state index contributed by atoms with van der Waals surface area (Å²) in [6.45, 7) is 0.633. The summed E-state index contributed by atoms with van der Waals surface area (Å²) in [7, 11) is 3.12. The Morgan fingerprint density at radius 1 is 0.947 bits per heavy atom. The summed E-state index contributed by atoms with van der Waals surface area (Å²) in [6, 6.07) is 19.2. The van der Waals surface area contributed by atoms with Gasteiger partial charge < -0.3 is 20.1 Å². The van der Waals surface area contributed by atoms with Gasteiger partial charge in [0.05, 0.1) is 7.11 Å². The van der Waals surface area contributed by atoms with E-state index < -0.39 is 23.5 Å². The molecule has 2 N–H and O–H groups in total. The molecule has 0 bridgehead atoms. The van der Waals surface area contributed by atoms with Gasteiger partial charge in [0.25, 0.3) is 17.7 Å². The Hall–Kier alpha value is -4.15. The molecule has 0 saturated heterocycles. The molecule has 0 aromatic heterocycles. The van der Waals surface area contributed by atoms with Crippen LogP contribution >= 0.6 is 11.8 Å². The zero-order valence-corrected chi connectivity index (χ0v) is 21.6. The Labute approximate surface area is 223 Å². The fourth-order valence-electron chi connectivity index (χ4n) is 3.71. The maximum Gasteiger partial charge on any atom is 0.278 e. The molecule has 3 amide bonds. The molecule has 8 nitrogen and oxygen atoms in total. The first-order chi connectivity index (χ1) is 18.4. The van der Waals surface area contributed by atoms with Gasteiger partial charge in [0, 0.05) is 42.1 Å². The number of anilines is 2. The van der Waals surface area contributed by atoms with Crippen LogP contribution in [0, 0.1) is 5.82 Å². The Balaban J connectivity index is 1.57. The van der Waals surface area contributed by atoms with Crippen molar-refractivity contribution in [1.29, 1.82) is 0 Å². The molecule has 0 radical (unpaired) electrons. The molecule has 38 heavy (non-hydrogen) atoms. The van der Waals surface area contributed by atoms with E-state index >= 15 is 0 Å². The van der Waals surface area contributed by atoms with E-state index in [0.717, 1.165) is 11.8 Å². The maximum absolute atomic E-state index is 13.3. The molecule has 10 heteroatoms. The largest absolute Gasteiger partial charge is 0.497 e. The van der Waals surface area contributed by atoms with Crippen molar-refractivity contribution in [2.75, 3.05) is 38.0 Å². The smallest absolute Gasteiger partial charge is 0.278 e. The molecular formula is C28H26FN3O5S. The molecule has 0 spiro atoms. The third-order valence-corrected chi connectivity index (χ3v) is 6.71. The molecule has 0 saturated carbocycles. The summed E-state index contributed by atoms with van der Waals surface area (Å²) in [4.78, 5) is 41.2. The summed E-state index contributed by atoms with van der Waals surface area (Å²) in [5.74, 6) is -1.00. The number of benzene rings is 3. The lowest BCUT2D eigenvalue weighted by molar-refractivity contribution is -0.137. The number of methoxy groups -OCH3 is 2. The molecule has 1 heterocycles. The molecule has 1 aliphatic heterocycles. The van der Waals surface area contributed by atoms with E-state index in [-0.39, 0.29) is 17.1 Å². The Morgan fingerprint density at radius 3 is 2.37 bits per heavy atom. The number of thioether (sulfide) groups is 1. The number of nitrogens with zero attached hydrogens (tertiary/aromatic N) is 1. The average molecular weight is 536 g/mol. The third-order valence-electron chi connectivity index (χ3n) is 5.63. The van der Waals surface area contributed by atoms with Crippen LogP contribution in [0.2, 0.25) is 0 Å². The van der Waals surface area contributed by atoms with Crippen molar-refractivity contribution in [3.63, 3.8) is 0 Å². The van der Waals surface area contributed by atoms with Crippen LogP contribution < -0.4 is 15.4 Å². The standard InChI is InChI=1S/C28H26FN3O5S/c1-36-16-4-15-32-27(34)24(30-20-11-13-22(37-2)14-12-20)25(28(32)35)38-23-6-3-5-21(17-23)31-26(33)18-7-9-19(29)10-8-18/h3,5-14,17,30H,4,15-16H2,1-2H3,(H,31,33). The lowest BCUT2D eigenvalue weighted by atomic mass is 10.2. The highest BCUT2D eigenvalue weighted by molar-refractivity contribution is 8.04. The van der Waals surface area contributed by atoms with Gasteiger partial charge >= 0.3 is 0 Å². The van der Waals surface area contributed by atoms with Crippen molar-refractivity contribution in [3.8, 4) is 5.75 Å². The van der Waals surface area contributed by atoms with Gasteiger partial charge in [0.2, 0.25) is 0 Å². The van der Waals surface area contributed by atoms with Crippen molar-refractivity contribution in [1.82, 2.24) is 4.90 Å². The van der Waals surface area contributed by atoms with Crippen LogP contribution in [0.4, 0.5) is 15.8 Å². The average Bonchev–Trinajstić information content (AvgIpc) is 3.13. The third kappa shape index (κ3) is 6.39. The van der Waals surface area contributed by atoms with E-state index in [4.69, 9.17) is 9.47 Å². The highest BCUT2D eigenvalue weighted by atomic mass is 32.2. The first-order valence-electron chi connectivity index (χ1n) is 11.7. The molecule has 0 aliphatic carbocycles. The monoisotopic (exact) mass is 535 g/mol. The van der Waals surface area contributed by atoms with E-state index in [0.29, 0.717) is 40.6 Å². The number of carbonyl (C=O) groups is 3. The van der Waals surface area contributed by atoms with Crippen molar-refractivity contribution in [3.05, 3.63) is 94.8 Å². The van der Waals surface area contributed by atoms with Crippen LogP contribution in [-0.2, 0) is 14.3 Å². The topological polar surface area (TPSA) is 97.0 Å². The van der Waals surface area contributed by atoms with E-state index in [1.54, 1.807) is 62.8 Å². The molecule has 3 aromatic carbocycles. The SMILES string of the molecule is COCCCN1C(=O)C(Nc2ccc(OC)cc2)=C(Sc2cccc(NC(=O)c3ccc(F)cc3)c2)C1=O. The molecule has 0 atom stereocenters. The zero-order valence-electron chi connectivity index (χ0n) is 20.8. The van der Waals surface area contributed by atoms with Gasteiger partial charge in [-0.3, -0.25) is 19.3 Å². The first kappa shape index (κ1) is 26.9. The minimum Gasteiger partial charge on any atom is -0.497 e. The second-order valence-corrected chi connectivity index (χ2v) is 9.34. The van der Waals surface area contributed by atoms with Crippen LogP contribution in [0.3, 0.4) is 0 Å². The molecule has 3 aromatic rings. The van der Waals surface area contributed by atoms with E-state index in [9.17, 15) is 18.8 Å². The fraction of sp³-hybridized carbons (Fsp3) is 0.179. The van der Waals surface area contributed by atoms with Gasteiger partial charge in [0.1, 0.15) is 22.2 Å². The Bertz CT molecular complexity index is 1360. The van der Waals surface area contributed by atoms with Gasteiger partial charge in [-0.05, 0) is 73.2 Å². The van der Waals surface area contributed by atoms with Crippen molar-refractivity contribution in [2.24, 2.45) is 0 Å². The van der Waals surface area contributed by atoms with Gasteiger partial charge in [-0.2, -0.15) is 0 Å². The van der Waals surface area contributed by atoms with Crippen LogP contribution in [0.15, 0.2) is 88.3 Å². The summed E-state index contributed by atoms with van der Waals surface area (Å²) >= 11 is 1.13. The fourth-order valence-corrected chi connectivity index (χ4v) is 4.71. The van der Waals surface area contributed by atoms with Crippen molar-refractivity contribution < 1.29 is 28.2 Å². The van der Waals surface area contributed by atoms with Gasteiger partial charge in [-0.1, -0.05) is 17.8 Å². The number of hydrogen-bond donors (Lipinski definition) is 2. The maximum atomic E-state index is 13.3. The van der Waals surface area contributed by atoms with Gasteiger partial charge in [0.15, 0.2) is 0 Å². The first-order valence-corrected chi connectivity index (χ1v) is 12.6. The Morgan fingerprint density at radius 2 is 1.68 bits per heavy atom. The quantitative estimate of drug-likeness (QED) is 0.266. The number of carbonyl (C=O) groups excluding carboxylic acids is 3. The number of halogens is 1. The van der Waals surface area contributed by atoms with Crippen LogP contribution in [-0.4, -0.2) is 50.0 Å². The summed E-state index contributed by atoms with van der Waals surface area (Å²) < 4.78 is 23.5. The van der Waals surface area contributed by atoms with E-state index in [2.05, 4.69) is 10.6 Å². The molecular weight excluding hydrogens is 509 g/mol. The zero-order chi connectivity index (χ0) is 27.1. The summed E-state index contributed by atoms with van der Waals surface area (Å²) in [5, 5.41) is 5.87. The minimum atomic E-state index is -0.431. The van der Waals surface area contributed by atoms with E-state index in [1.165, 1.54) is 29.2 Å². The summed E-state index contributed by atoms with van der Waals surface area (Å²) in [5.41, 5.74) is 1.59. The normalized spacial score (nSPS) is 13.2. The lowest BCUT2D eigenvalue weighted by Gasteiger charge is -2.14. The van der Waals surface area contributed by atoms with Crippen LogP contribution in [0.5, 0.6) is 5.75 Å². The van der Waals surface area contributed by atoms with Gasteiger partial charge in [-0.25, -0.2) is 4.39 Å². The number of ether oxygens (including phenoxy) is 2. The van der Waals surface area contributed by atoms with Crippen LogP contribution in [0.25, 0.3) is 0 Å². The van der Waals surface area contributed by atoms with E-state index in [1.807, 2.05) is 0 Å².